The Kier molecular flexibility index (Phi) is 17.1. The van der Waals surface area contributed by atoms with Gasteiger partial charge in [0.05, 0.1) is 24.2 Å². The van der Waals surface area contributed by atoms with E-state index < -0.39 is 54.0 Å². The van der Waals surface area contributed by atoms with Crippen LogP contribution in [0.1, 0.15) is 67.7 Å². The minimum absolute atomic E-state index is 0.0701. The third-order valence-electron chi connectivity index (χ3n) is 5.46. The van der Waals surface area contributed by atoms with E-state index in [1.165, 1.54) is 18.7 Å². The number of Topliss-reactive ketones (excluding diaryl/α,β-unsaturated/α-hetero) is 1. The lowest BCUT2D eigenvalue weighted by Gasteiger charge is -2.26. The molecule has 2 amide bonds. The predicted molar refractivity (Wildman–Crippen MR) is 146 cm³/mol. The summed E-state index contributed by atoms with van der Waals surface area (Å²) in [6.07, 6.45) is -1.08. The molecule has 0 saturated carbocycles. The second kappa shape index (κ2) is 18.1. The second-order valence-electron chi connectivity index (χ2n) is 10.2. The summed E-state index contributed by atoms with van der Waals surface area (Å²) in [6, 6.07) is -3.88. The zero-order valence-corrected chi connectivity index (χ0v) is 24.3. The van der Waals surface area contributed by atoms with E-state index in [2.05, 4.69) is 21.3 Å². The average Bonchev–Trinajstić information content (AvgIpc) is 2.79. The average molecular weight is 563 g/mol. The van der Waals surface area contributed by atoms with Gasteiger partial charge in [-0.1, -0.05) is 41.5 Å². The van der Waals surface area contributed by atoms with Gasteiger partial charge in [0.15, 0.2) is 11.8 Å². The van der Waals surface area contributed by atoms with Crippen molar-refractivity contribution in [1.82, 2.24) is 21.3 Å². The van der Waals surface area contributed by atoms with Crippen molar-refractivity contribution < 1.29 is 39.3 Å². The Balaban J connectivity index is 5.30. The summed E-state index contributed by atoms with van der Waals surface area (Å²) in [5, 5.41) is 39.2. The topological polar surface area (TPSA) is 194 Å². The number of aliphatic hydroxyl groups excluding tert-OH is 1. The van der Waals surface area contributed by atoms with Gasteiger partial charge in [-0.2, -0.15) is 11.8 Å². The molecule has 7 N–H and O–H groups in total. The molecule has 0 aliphatic heterocycles. The summed E-state index contributed by atoms with van der Waals surface area (Å²) in [7, 11) is 0. The first kappa shape index (κ1) is 35.8. The highest BCUT2D eigenvalue weighted by Crippen LogP contribution is 2.13. The third-order valence-corrected chi connectivity index (χ3v) is 6.55. The standard InChI is InChI=1S/C25H46N4O8S/c1-13(2)22(33)19(28-23(34)17(26-14(3)4)8-9-20(31)32)12-38-11-10-18(27-15(5)6)24(35)29-21(16(7)30)25(36)37/h13-19,21,26-27,30H,8-12H2,1-7H3,(H,28,34)(H,29,35)(H,31,32)(H,36,37)/t16-,17+,18+,19+,21+/m1/s1. The fourth-order valence-corrected chi connectivity index (χ4v) is 4.62. The lowest BCUT2D eigenvalue weighted by molar-refractivity contribution is -0.145. The molecule has 5 atom stereocenters. The minimum Gasteiger partial charge on any atom is -0.481 e. The Morgan fingerprint density at radius 2 is 1.24 bits per heavy atom. The number of nitrogens with one attached hydrogen (secondary N) is 4. The largest absolute Gasteiger partial charge is 0.481 e. The van der Waals surface area contributed by atoms with Crippen LogP contribution in [0.2, 0.25) is 0 Å². The molecule has 0 saturated heterocycles. The quantitative estimate of drug-likeness (QED) is 0.101. The van der Waals surface area contributed by atoms with Crippen LogP contribution in [0.25, 0.3) is 0 Å². The van der Waals surface area contributed by atoms with Gasteiger partial charge in [-0.25, -0.2) is 4.79 Å². The van der Waals surface area contributed by atoms with Gasteiger partial charge in [0.25, 0.3) is 0 Å². The molecule has 0 heterocycles. The smallest absolute Gasteiger partial charge is 0.328 e. The van der Waals surface area contributed by atoms with E-state index in [0.29, 0.717) is 12.2 Å². The third kappa shape index (κ3) is 14.6. The fourth-order valence-electron chi connectivity index (χ4n) is 3.57. The number of carbonyl (C=O) groups is 5. The lowest BCUT2D eigenvalue weighted by atomic mass is 10.0. The molecule has 0 aromatic heterocycles. The van der Waals surface area contributed by atoms with Gasteiger partial charge in [-0.05, 0) is 25.5 Å². The number of hydrogen-bond acceptors (Lipinski definition) is 9. The highest BCUT2D eigenvalue weighted by molar-refractivity contribution is 7.99. The number of amides is 2. The maximum Gasteiger partial charge on any atom is 0.328 e. The molecule has 0 rings (SSSR count). The number of carboxylic acids is 2. The summed E-state index contributed by atoms with van der Waals surface area (Å²) in [5.74, 6) is -3.20. The monoisotopic (exact) mass is 562 g/mol. The number of carboxylic acid groups (broad SMARTS) is 2. The number of hydrogen-bond donors (Lipinski definition) is 7. The predicted octanol–water partition coefficient (Wildman–Crippen LogP) is 0.368. The van der Waals surface area contributed by atoms with Crippen LogP contribution >= 0.6 is 11.8 Å². The number of rotatable bonds is 20. The Morgan fingerprint density at radius 1 is 0.737 bits per heavy atom. The molecule has 13 heteroatoms. The van der Waals surface area contributed by atoms with E-state index in [1.54, 1.807) is 13.8 Å². The summed E-state index contributed by atoms with van der Waals surface area (Å²) in [6.45, 7) is 12.1. The Morgan fingerprint density at radius 3 is 1.66 bits per heavy atom. The van der Waals surface area contributed by atoms with E-state index >= 15 is 0 Å². The number of aliphatic carboxylic acids is 2. The van der Waals surface area contributed by atoms with Crippen molar-refractivity contribution in [3.63, 3.8) is 0 Å². The molecule has 12 nitrogen and oxygen atoms in total. The summed E-state index contributed by atoms with van der Waals surface area (Å²) < 4.78 is 0. The van der Waals surface area contributed by atoms with Crippen LogP contribution in [0.15, 0.2) is 0 Å². The van der Waals surface area contributed by atoms with Gasteiger partial charge in [-0.15, -0.1) is 0 Å². The number of aliphatic hydroxyl groups is 1. The minimum atomic E-state index is -1.44. The molecule has 0 unspecified atom stereocenters. The molecular weight excluding hydrogens is 516 g/mol. The van der Waals surface area contributed by atoms with Crippen molar-refractivity contribution >= 4 is 41.3 Å². The zero-order valence-electron chi connectivity index (χ0n) is 23.4. The Hall–Kier alpha value is -2.22. The molecule has 0 radical (unpaired) electrons. The highest BCUT2D eigenvalue weighted by atomic mass is 32.2. The van der Waals surface area contributed by atoms with E-state index in [-0.39, 0.29) is 42.4 Å². The van der Waals surface area contributed by atoms with E-state index in [9.17, 15) is 34.2 Å². The second-order valence-corrected chi connectivity index (χ2v) is 11.4. The van der Waals surface area contributed by atoms with Crippen LogP contribution in [-0.2, 0) is 24.0 Å². The summed E-state index contributed by atoms with van der Waals surface area (Å²) >= 11 is 1.36. The van der Waals surface area contributed by atoms with Crippen LogP contribution in [0.5, 0.6) is 0 Å². The maximum atomic E-state index is 12.9. The Labute approximate surface area is 229 Å². The van der Waals surface area contributed by atoms with Gasteiger partial charge in [0.1, 0.15) is 0 Å². The molecule has 220 valence electrons. The zero-order chi connectivity index (χ0) is 29.6. The van der Waals surface area contributed by atoms with Crippen molar-refractivity contribution in [3.05, 3.63) is 0 Å². The van der Waals surface area contributed by atoms with Crippen LogP contribution in [0.4, 0.5) is 0 Å². The lowest BCUT2D eigenvalue weighted by Crippen LogP contribution is -2.55. The van der Waals surface area contributed by atoms with Crippen molar-refractivity contribution in [2.45, 2.75) is 110 Å². The molecule has 0 aromatic carbocycles. The van der Waals surface area contributed by atoms with E-state index in [4.69, 9.17) is 5.11 Å². The highest BCUT2D eigenvalue weighted by Gasteiger charge is 2.30. The summed E-state index contributed by atoms with van der Waals surface area (Å²) in [5.41, 5.74) is 0. The van der Waals surface area contributed by atoms with Crippen LogP contribution in [-0.4, -0.2) is 98.7 Å². The van der Waals surface area contributed by atoms with E-state index in [1.807, 2.05) is 27.7 Å². The van der Waals surface area contributed by atoms with Crippen LogP contribution in [0.3, 0.4) is 0 Å². The molecular formula is C25H46N4O8S. The normalized spacial score (nSPS) is 15.6. The van der Waals surface area contributed by atoms with Crippen LogP contribution in [0, 0.1) is 5.92 Å². The van der Waals surface area contributed by atoms with Gasteiger partial charge >= 0.3 is 11.9 Å². The molecule has 0 spiro atoms. The number of thioether (sulfide) groups is 1. The number of ketones is 1. The summed E-state index contributed by atoms with van der Waals surface area (Å²) in [4.78, 5) is 60.8. The van der Waals surface area contributed by atoms with E-state index in [0.717, 1.165) is 0 Å². The van der Waals surface area contributed by atoms with Crippen molar-refractivity contribution in [2.24, 2.45) is 5.92 Å². The number of carbonyl (C=O) groups excluding carboxylic acids is 3. The fraction of sp³-hybridized carbons (Fsp3) is 0.800. The first-order chi connectivity index (χ1) is 17.6. The molecule has 0 aliphatic rings. The van der Waals surface area contributed by atoms with Gasteiger partial charge < -0.3 is 36.6 Å². The molecule has 0 fully saturated rings. The van der Waals surface area contributed by atoms with Crippen LogP contribution < -0.4 is 21.3 Å². The SMILES string of the molecule is CC(C)N[C@@H](CCC(=O)O)C(=O)N[C@@H](CSCC[C@H](NC(C)C)C(=O)N[C@H](C(=O)O)[C@@H](C)O)C(=O)C(C)C. The van der Waals surface area contributed by atoms with Gasteiger partial charge in [0, 0.05) is 30.2 Å². The maximum absolute atomic E-state index is 12.9. The van der Waals surface area contributed by atoms with Crippen molar-refractivity contribution in [1.29, 1.82) is 0 Å². The Bertz CT molecular complexity index is 791. The van der Waals surface area contributed by atoms with Crippen molar-refractivity contribution in [2.75, 3.05) is 11.5 Å². The molecule has 0 aromatic rings. The van der Waals surface area contributed by atoms with Crippen molar-refractivity contribution in [3.8, 4) is 0 Å². The first-order valence-electron chi connectivity index (χ1n) is 12.9. The molecule has 0 bridgehead atoms. The molecule has 38 heavy (non-hydrogen) atoms. The first-order valence-corrected chi connectivity index (χ1v) is 14.1. The molecule has 0 aliphatic carbocycles. The van der Waals surface area contributed by atoms with Gasteiger partial charge in [0.2, 0.25) is 11.8 Å². The van der Waals surface area contributed by atoms with Gasteiger partial charge in [-0.3, -0.25) is 19.2 Å².